The molecular formula is C21H20FNO2S. The van der Waals surface area contributed by atoms with Crippen LogP contribution in [-0.2, 0) is 15.6 Å². The first-order valence-corrected chi connectivity index (χ1v) is 9.88. The van der Waals surface area contributed by atoms with E-state index in [1.54, 1.807) is 12.1 Å². The molecule has 1 unspecified atom stereocenters. The van der Waals surface area contributed by atoms with E-state index in [0.717, 1.165) is 16.0 Å². The largest absolute Gasteiger partial charge is 0.292 e. The lowest BCUT2D eigenvalue weighted by Crippen LogP contribution is -2.42. The lowest BCUT2D eigenvalue weighted by molar-refractivity contribution is -0.118. The third-order valence-corrected chi connectivity index (χ3v) is 7.15. The zero-order valence-corrected chi connectivity index (χ0v) is 15.5. The number of hydrogen-bond donors (Lipinski definition) is 0. The number of halogens is 1. The van der Waals surface area contributed by atoms with Crippen molar-refractivity contribution in [2.75, 3.05) is 7.05 Å². The van der Waals surface area contributed by atoms with Crippen LogP contribution in [-0.4, -0.2) is 39.3 Å². The molecule has 0 N–H and O–H groups in total. The summed E-state index contributed by atoms with van der Waals surface area (Å²) in [5, 5.41) is -0.130. The van der Waals surface area contributed by atoms with Crippen molar-refractivity contribution in [2.24, 2.45) is 0 Å². The van der Waals surface area contributed by atoms with Crippen LogP contribution in [0.25, 0.3) is 5.57 Å². The molecule has 134 valence electrons. The van der Waals surface area contributed by atoms with Gasteiger partial charge in [-0.05, 0) is 50.2 Å². The van der Waals surface area contributed by atoms with E-state index in [0.29, 0.717) is 12.0 Å². The number of carbonyl (C=O) groups is 1. The molecule has 0 amide bonds. The van der Waals surface area contributed by atoms with E-state index in [9.17, 15) is 13.4 Å². The van der Waals surface area contributed by atoms with Gasteiger partial charge in [0.25, 0.3) is 0 Å². The summed E-state index contributed by atoms with van der Waals surface area (Å²) < 4.78 is 26.3. The van der Waals surface area contributed by atoms with Gasteiger partial charge in [-0.1, -0.05) is 35.9 Å². The number of aryl methyl sites for hydroxylation is 1. The Hall–Kier alpha value is -2.11. The molecule has 0 radical (unpaired) electrons. The Kier molecular flexibility index (Phi) is 4.37. The Bertz CT molecular complexity index is 905. The van der Waals surface area contributed by atoms with Gasteiger partial charge in [0.2, 0.25) is 0 Å². The molecule has 2 aliphatic heterocycles. The maximum Gasteiger partial charge on any atom is 0.180 e. The molecule has 3 nitrogen and oxygen atoms in total. The van der Waals surface area contributed by atoms with Gasteiger partial charge < -0.3 is 0 Å². The minimum absolute atomic E-state index is 0.0266. The predicted molar refractivity (Wildman–Crippen MR) is 101 cm³/mol. The number of ketones is 1. The monoisotopic (exact) mass is 369 g/mol. The first-order valence-electron chi connectivity index (χ1n) is 8.67. The van der Waals surface area contributed by atoms with Gasteiger partial charge in [-0.15, -0.1) is 0 Å². The summed E-state index contributed by atoms with van der Waals surface area (Å²) in [6.07, 6.45) is 2.48. The second-order valence-corrected chi connectivity index (χ2v) is 8.68. The topological polar surface area (TPSA) is 37.4 Å². The van der Waals surface area contributed by atoms with Crippen molar-refractivity contribution in [3.63, 3.8) is 0 Å². The quantitative estimate of drug-likeness (QED) is 0.833. The van der Waals surface area contributed by atoms with Crippen LogP contribution in [0.4, 0.5) is 4.39 Å². The summed E-state index contributed by atoms with van der Waals surface area (Å²) in [6, 6.07) is 13.4. The Morgan fingerprint density at radius 3 is 2.38 bits per heavy atom. The fourth-order valence-electron chi connectivity index (χ4n) is 3.87. The molecule has 2 aromatic carbocycles. The van der Waals surface area contributed by atoms with Crippen LogP contribution < -0.4 is 0 Å². The number of hydrogen-bond acceptors (Lipinski definition) is 3. The third kappa shape index (κ3) is 2.85. The number of fused-ring (bicyclic) bond motifs is 2. The van der Waals surface area contributed by atoms with Gasteiger partial charge in [-0.3, -0.25) is 13.9 Å². The van der Waals surface area contributed by atoms with Gasteiger partial charge in [0.15, 0.2) is 5.78 Å². The molecule has 1 saturated heterocycles. The predicted octanol–water partition coefficient (Wildman–Crippen LogP) is 3.35. The number of Topliss-reactive ketones (excluding diaryl/α,β-unsaturated/α-hetero) is 1. The highest BCUT2D eigenvalue weighted by Crippen LogP contribution is 2.38. The van der Waals surface area contributed by atoms with Crippen molar-refractivity contribution in [3.8, 4) is 0 Å². The van der Waals surface area contributed by atoms with E-state index in [-0.39, 0.29) is 28.9 Å². The van der Waals surface area contributed by atoms with Crippen LogP contribution in [0, 0.1) is 12.7 Å². The Labute approximate surface area is 155 Å². The average Bonchev–Trinajstić information content (AvgIpc) is 2.87. The Morgan fingerprint density at radius 1 is 1.08 bits per heavy atom. The van der Waals surface area contributed by atoms with Crippen LogP contribution >= 0.6 is 0 Å². The van der Waals surface area contributed by atoms with E-state index in [1.165, 1.54) is 12.1 Å². The molecule has 2 heterocycles. The summed E-state index contributed by atoms with van der Waals surface area (Å²) in [5.41, 5.74) is 2.46. The number of carbonyl (C=O) groups excluding carboxylic acids is 1. The van der Waals surface area contributed by atoms with Crippen molar-refractivity contribution >= 4 is 22.2 Å². The van der Waals surface area contributed by atoms with Crippen molar-refractivity contribution in [1.82, 2.24) is 4.90 Å². The van der Waals surface area contributed by atoms with Crippen molar-refractivity contribution in [1.29, 1.82) is 0 Å². The van der Waals surface area contributed by atoms with E-state index >= 15 is 0 Å². The molecule has 0 saturated carbocycles. The molecule has 1 fully saturated rings. The molecule has 4 atom stereocenters. The molecule has 0 aromatic heterocycles. The maximum atomic E-state index is 13.2. The molecule has 0 spiro atoms. The lowest BCUT2D eigenvalue weighted by atomic mass is 9.94. The summed E-state index contributed by atoms with van der Waals surface area (Å²) in [5.74, 6) is -0.296. The standard InChI is InChI=1S/C21H20FNO2S/c1-13-3-9-16(10-4-13)26(25)20-12-19-21(24)17(11-18(20)23(19)2)14-5-7-15(22)8-6-14/h3-11,18-20H,12H2,1-2H3/t18-,19-,20+,26?/m0/s1. The SMILES string of the molecule is Cc1ccc(S(=O)[C@@H]2C[C@H]3C(=O)C(c4ccc(F)cc4)=C[C@@H]2N3C)cc1. The molecular weight excluding hydrogens is 349 g/mol. The van der Waals surface area contributed by atoms with E-state index in [2.05, 4.69) is 0 Å². The summed E-state index contributed by atoms with van der Waals surface area (Å²) in [7, 11) is 0.727. The number of likely N-dealkylation sites (N-methyl/N-ethyl adjacent to an activating group) is 1. The molecule has 4 rings (SSSR count). The maximum absolute atomic E-state index is 13.2. The Morgan fingerprint density at radius 2 is 1.73 bits per heavy atom. The van der Waals surface area contributed by atoms with Crippen molar-refractivity contribution in [3.05, 3.63) is 71.6 Å². The summed E-state index contributed by atoms with van der Waals surface area (Å²) in [6.45, 7) is 2.00. The van der Waals surface area contributed by atoms with Crippen molar-refractivity contribution in [2.45, 2.75) is 35.6 Å². The van der Waals surface area contributed by atoms with Crippen LogP contribution in [0.1, 0.15) is 17.5 Å². The number of benzene rings is 2. The van der Waals surface area contributed by atoms with Gasteiger partial charge in [0, 0.05) is 16.5 Å². The molecule has 5 heteroatoms. The van der Waals surface area contributed by atoms with Crippen LogP contribution in [0.2, 0.25) is 0 Å². The van der Waals surface area contributed by atoms with Gasteiger partial charge in [0.05, 0.1) is 22.1 Å². The van der Waals surface area contributed by atoms with Crippen LogP contribution in [0.15, 0.2) is 59.5 Å². The normalized spacial score (nSPS) is 26.7. The second kappa shape index (κ2) is 6.56. The number of nitrogens with zero attached hydrogens (tertiary/aromatic N) is 1. The molecule has 2 aromatic rings. The fourth-order valence-corrected chi connectivity index (χ4v) is 5.51. The van der Waals surface area contributed by atoms with E-state index < -0.39 is 10.8 Å². The first kappa shape index (κ1) is 17.3. The molecule has 0 aliphatic carbocycles. The smallest absolute Gasteiger partial charge is 0.180 e. The molecule has 2 bridgehead atoms. The van der Waals surface area contributed by atoms with Gasteiger partial charge in [-0.25, -0.2) is 4.39 Å². The lowest BCUT2D eigenvalue weighted by Gasteiger charge is -2.30. The third-order valence-electron chi connectivity index (χ3n) is 5.39. The minimum atomic E-state index is -1.19. The summed E-state index contributed by atoms with van der Waals surface area (Å²) >= 11 is 0. The van der Waals surface area contributed by atoms with Crippen LogP contribution in [0.3, 0.4) is 0 Å². The highest BCUT2D eigenvalue weighted by molar-refractivity contribution is 7.85. The van der Waals surface area contributed by atoms with E-state index in [1.807, 2.05) is 49.2 Å². The van der Waals surface area contributed by atoms with Gasteiger partial charge in [-0.2, -0.15) is 0 Å². The zero-order valence-electron chi connectivity index (χ0n) is 14.7. The highest BCUT2D eigenvalue weighted by atomic mass is 32.2. The van der Waals surface area contributed by atoms with Gasteiger partial charge in [0.1, 0.15) is 5.82 Å². The minimum Gasteiger partial charge on any atom is -0.292 e. The average molecular weight is 369 g/mol. The van der Waals surface area contributed by atoms with E-state index in [4.69, 9.17) is 0 Å². The number of rotatable bonds is 3. The summed E-state index contributed by atoms with van der Waals surface area (Å²) in [4.78, 5) is 15.7. The first-order chi connectivity index (χ1) is 12.5. The highest BCUT2D eigenvalue weighted by Gasteiger charge is 2.48. The second-order valence-electron chi connectivity index (χ2n) is 7.01. The molecule has 2 aliphatic rings. The Balaban J connectivity index is 1.69. The van der Waals surface area contributed by atoms with Crippen molar-refractivity contribution < 1.29 is 13.4 Å². The van der Waals surface area contributed by atoms with Crippen LogP contribution in [0.5, 0.6) is 0 Å². The fraction of sp³-hybridized carbons (Fsp3) is 0.286. The zero-order chi connectivity index (χ0) is 18.4. The molecule has 26 heavy (non-hydrogen) atoms. The van der Waals surface area contributed by atoms with Gasteiger partial charge >= 0.3 is 0 Å².